The number of terminal acetylenes is 1. The number of sulfonamides is 1. The van der Waals surface area contributed by atoms with Crippen molar-refractivity contribution >= 4 is 10.0 Å². The SMILES string of the molecule is C#CC=C1CN(S(=O)(=O)CC)C1. The van der Waals surface area contributed by atoms with Gasteiger partial charge in [-0.25, -0.2) is 8.42 Å². The zero-order valence-corrected chi connectivity index (χ0v) is 7.76. The standard InChI is InChI=1S/C8H11NO2S/c1-3-5-8-6-9(7-8)12(10,11)4-2/h1,5H,4,6-7H2,2H3. The van der Waals surface area contributed by atoms with E-state index in [-0.39, 0.29) is 5.75 Å². The summed E-state index contributed by atoms with van der Waals surface area (Å²) in [5.41, 5.74) is 1.01. The van der Waals surface area contributed by atoms with Crippen LogP contribution in [0.2, 0.25) is 0 Å². The second kappa shape index (κ2) is 3.30. The summed E-state index contributed by atoms with van der Waals surface area (Å²) in [6, 6.07) is 0. The summed E-state index contributed by atoms with van der Waals surface area (Å²) < 4.78 is 23.8. The van der Waals surface area contributed by atoms with Crippen LogP contribution in [0.4, 0.5) is 0 Å². The van der Waals surface area contributed by atoms with Crippen LogP contribution in [0.1, 0.15) is 6.92 Å². The Bertz CT molecular complexity index is 327. The Morgan fingerprint density at radius 3 is 2.67 bits per heavy atom. The van der Waals surface area contributed by atoms with Crippen molar-refractivity contribution in [1.29, 1.82) is 0 Å². The first-order valence-electron chi connectivity index (χ1n) is 3.72. The Kier molecular flexibility index (Phi) is 2.55. The van der Waals surface area contributed by atoms with Crippen LogP contribution in [0, 0.1) is 12.3 Å². The van der Waals surface area contributed by atoms with Gasteiger partial charge in [-0.2, -0.15) is 4.31 Å². The van der Waals surface area contributed by atoms with E-state index in [0.29, 0.717) is 13.1 Å². The average molecular weight is 185 g/mol. The van der Waals surface area contributed by atoms with Crippen molar-refractivity contribution in [3.63, 3.8) is 0 Å². The second-order valence-corrected chi connectivity index (χ2v) is 4.90. The van der Waals surface area contributed by atoms with E-state index in [1.165, 1.54) is 4.31 Å². The minimum absolute atomic E-state index is 0.163. The van der Waals surface area contributed by atoms with Crippen molar-refractivity contribution in [3.05, 3.63) is 11.6 Å². The minimum Gasteiger partial charge on any atom is -0.212 e. The number of allylic oxidation sites excluding steroid dienone is 1. The normalized spacial score (nSPS) is 18.2. The van der Waals surface area contributed by atoms with Gasteiger partial charge in [0, 0.05) is 13.1 Å². The lowest BCUT2D eigenvalue weighted by molar-refractivity contribution is 0.392. The second-order valence-electron chi connectivity index (χ2n) is 2.64. The fourth-order valence-electron chi connectivity index (χ4n) is 0.995. The third-order valence-electron chi connectivity index (χ3n) is 1.80. The van der Waals surface area contributed by atoms with Crippen molar-refractivity contribution < 1.29 is 8.42 Å². The van der Waals surface area contributed by atoms with Gasteiger partial charge >= 0.3 is 0 Å². The molecule has 0 bridgehead atoms. The van der Waals surface area contributed by atoms with Crippen LogP contribution in [-0.4, -0.2) is 31.6 Å². The maximum Gasteiger partial charge on any atom is 0.214 e. The molecule has 0 aromatic carbocycles. The summed E-state index contributed by atoms with van der Waals surface area (Å²) in [4.78, 5) is 0. The molecule has 1 fully saturated rings. The molecule has 0 radical (unpaired) electrons. The summed E-state index contributed by atoms with van der Waals surface area (Å²) in [6.07, 6.45) is 6.66. The van der Waals surface area contributed by atoms with E-state index in [0.717, 1.165) is 5.57 Å². The highest BCUT2D eigenvalue weighted by atomic mass is 32.2. The maximum absolute atomic E-state index is 11.2. The fourth-order valence-corrected chi connectivity index (χ4v) is 2.09. The maximum atomic E-state index is 11.2. The highest BCUT2D eigenvalue weighted by Gasteiger charge is 2.29. The van der Waals surface area contributed by atoms with E-state index in [1.54, 1.807) is 13.0 Å². The zero-order chi connectivity index (χ0) is 9.19. The van der Waals surface area contributed by atoms with Crippen LogP contribution in [0.3, 0.4) is 0 Å². The van der Waals surface area contributed by atoms with Crippen molar-refractivity contribution in [2.24, 2.45) is 0 Å². The van der Waals surface area contributed by atoms with E-state index >= 15 is 0 Å². The van der Waals surface area contributed by atoms with Gasteiger partial charge in [0.05, 0.1) is 5.75 Å². The minimum atomic E-state index is -2.99. The van der Waals surface area contributed by atoms with Gasteiger partial charge in [-0.15, -0.1) is 6.42 Å². The third kappa shape index (κ3) is 1.68. The first kappa shape index (κ1) is 9.30. The molecule has 0 spiro atoms. The van der Waals surface area contributed by atoms with Crippen LogP contribution in [0.15, 0.2) is 11.6 Å². The molecule has 1 saturated heterocycles. The molecule has 66 valence electrons. The van der Waals surface area contributed by atoms with Gasteiger partial charge in [0.2, 0.25) is 10.0 Å². The van der Waals surface area contributed by atoms with Crippen LogP contribution in [0.5, 0.6) is 0 Å². The number of hydrogen-bond acceptors (Lipinski definition) is 2. The quantitative estimate of drug-likeness (QED) is 0.577. The molecule has 3 nitrogen and oxygen atoms in total. The molecule has 0 saturated carbocycles. The Morgan fingerprint density at radius 2 is 2.25 bits per heavy atom. The van der Waals surface area contributed by atoms with E-state index in [9.17, 15) is 8.42 Å². The van der Waals surface area contributed by atoms with Gasteiger partial charge in [0.15, 0.2) is 0 Å². The topological polar surface area (TPSA) is 37.4 Å². The summed E-state index contributed by atoms with van der Waals surface area (Å²) in [5.74, 6) is 2.54. The average Bonchev–Trinajstić information content (AvgIpc) is 1.95. The molecule has 1 heterocycles. The highest BCUT2D eigenvalue weighted by molar-refractivity contribution is 7.89. The Balaban J connectivity index is 2.57. The molecular weight excluding hydrogens is 174 g/mol. The molecule has 4 heteroatoms. The predicted octanol–water partition coefficient (Wildman–Crippen LogP) is 0.211. The first-order valence-corrected chi connectivity index (χ1v) is 5.33. The summed E-state index contributed by atoms with van der Waals surface area (Å²) in [5, 5.41) is 0. The van der Waals surface area contributed by atoms with E-state index in [4.69, 9.17) is 6.42 Å². The van der Waals surface area contributed by atoms with Crippen molar-refractivity contribution in [2.45, 2.75) is 6.92 Å². The molecule has 0 aromatic rings. The lowest BCUT2D eigenvalue weighted by Crippen LogP contribution is -2.44. The van der Waals surface area contributed by atoms with Crippen molar-refractivity contribution in [1.82, 2.24) is 4.31 Å². The van der Waals surface area contributed by atoms with Crippen LogP contribution >= 0.6 is 0 Å². The third-order valence-corrected chi connectivity index (χ3v) is 3.58. The Hall–Kier alpha value is -0.790. The van der Waals surface area contributed by atoms with Crippen LogP contribution in [-0.2, 0) is 10.0 Å². The molecular formula is C8H11NO2S. The lowest BCUT2D eigenvalue weighted by atomic mass is 10.1. The Morgan fingerprint density at radius 1 is 1.67 bits per heavy atom. The molecule has 0 N–H and O–H groups in total. The summed E-state index contributed by atoms with van der Waals surface area (Å²) >= 11 is 0. The molecule has 1 rings (SSSR count). The van der Waals surface area contributed by atoms with Crippen LogP contribution < -0.4 is 0 Å². The van der Waals surface area contributed by atoms with Gasteiger partial charge in [-0.1, -0.05) is 5.92 Å². The predicted molar refractivity (Wildman–Crippen MR) is 47.9 cm³/mol. The largest absolute Gasteiger partial charge is 0.214 e. The fraction of sp³-hybridized carbons (Fsp3) is 0.500. The molecule has 0 aromatic heterocycles. The molecule has 0 unspecified atom stereocenters. The monoisotopic (exact) mass is 185 g/mol. The van der Waals surface area contributed by atoms with Crippen LogP contribution in [0.25, 0.3) is 0 Å². The zero-order valence-electron chi connectivity index (χ0n) is 6.95. The van der Waals surface area contributed by atoms with Gasteiger partial charge in [0.25, 0.3) is 0 Å². The van der Waals surface area contributed by atoms with Gasteiger partial charge in [-0.3, -0.25) is 0 Å². The summed E-state index contributed by atoms with van der Waals surface area (Å²) in [7, 11) is -2.99. The van der Waals surface area contributed by atoms with Crippen molar-refractivity contribution in [2.75, 3.05) is 18.8 Å². The van der Waals surface area contributed by atoms with E-state index in [1.807, 2.05) is 0 Å². The molecule has 1 aliphatic heterocycles. The van der Waals surface area contributed by atoms with Gasteiger partial charge in [0.1, 0.15) is 0 Å². The van der Waals surface area contributed by atoms with E-state index < -0.39 is 10.0 Å². The van der Waals surface area contributed by atoms with Gasteiger partial charge in [-0.05, 0) is 18.6 Å². The lowest BCUT2D eigenvalue weighted by Gasteiger charge is -2.31. The summed E-state index contributed by atoms with van der Waals surface area (Å²) in [6.45, 7) is 2.58. The number of hydrogen-bond donors (Lipinski definition) is 0. The van der Waals surface area contributed by atoms with Crippen molar-refractivity contribution in [3.8, 4) is 12.3 Å². The Labute approximate surface area is 73.1 Å². The van der Waals surface area contributed by atoms with Gasteiger partial charge < -0.3 is 0 Å². The smallest absolute Gasteiger partial charge is 0.212 e. The molecule has 12 heavy (non-hydrogen) atoms. The molecule has 1 aliphatic rings. The first-order chi connectivity index (χ1) is 5.60. The molecule has 0 aliphatic carbocycles. The number of nitrogens with zero attached hydrogens (tertiary/aromatic N) is 1. The number of rotatable bonds is 2. The van der Waals surface area contributed by atoms with E-state index in [2.05, 4.69) is 5.92 Å². The molecule has 0 atom stereocenters. The highest BCUT2D eigenvalue weighted by Crippen LogP contribution is 2.18. The molecule has 0 amide bonds.